The van der Waals surface area contributed by atoms with Crippen LogP contribution in [0.1, 0.15) is 27.2 Å². The summed E-state index contributed by atoms with van der Waals surface area (Å²) < 4.78 is 4.62. The van der Waals surface area contributed by atoms with Gasteiger partial charge in [0, 0.05) is 22.3 Å². The Morgan fingerprint density at radius 1 is 1.28 bits per heavy atom. The molecule has 2 bridgehead atoms. The van der Waals surface area contributed by atoms with Crippen molar-refractivity contribution < 1.29 is 24.2 Å². The fourth-order valence-electron chi connectivity index (χ4n) is 6.78. The van der Waals surface area contributed by atoms with E-state index in [1.54, 1.807) is 34.6 Å². The lowest BCUT2D eigenvalue weighted by Gasteiger charge is -2.41. The normalized spacial score (nSPS) is 30.1. The molecular formula is C30H35BrN2O5S. The maximum absolute atomic E-state index is 14.8. The molecule has 39 heavy (non-hydrogen) atoms. The third-order valence-corrected chi connectivity index (χ3v) is 11.7. The molecule has 3 aliphatic rings. The fourth-order valence-corrected chi connectivity index (χ4v) is 10.4. The van der Waals surface area contributed by atoms with E-state index in [1.165, 1.54) is 0 Å². The van der Waals surface area contributed by atoms with Gasteiger partial charge in [-0.1, -0.05) is 66.2 Å². The number of carbonyl (C=O) groups is 3. The van der Waals surface area contributed by atoms with Crippen LogP contribution in [-0.2, 0) is 19.1 Å². The van der Waals surface area contributed by atoms with Gasteiger partial charge >= 0.3 is 5.97 Å². The summed E-state index contributed by atoms with van der Waals surface area (Å²) in [5.41, 5.74) is 0.714. The van der Waals surface area contributed by atoms with Crippen LogP contribution >= 0.6 is 27.7 Å². The first-order valence-electron chi connectivity index (χ1n) is 13.5. The number of halogens is 1. The monoisotopic (exact) mass is 614 g/mol. The van der Waals surface area contributed by atoms with E-state index in [0.29, 0.717) is 12.1 Å². The van der Waals surface area contributed by atoms with Crippen LogP contribution in [0.2, 0.25) is 0 Å². The number of amides is 2. The molecule has 0 aromatic heterocycles. The molecular weight excluding hydrogens is 580 g/mol. The number of anilines is 1. The molecule has 1 spiro atoms. The first-order chi connectivity index (χ1) is 18.7. The minimum atomic E-state index is -0.851. The summed E-state index contributed by atoms with van der Waals surface area (Å²) in [7, 11) is 0. The lowest BCUT2D eigenvalue weighted by atomic mass is 9.71. The van der Waals surface area contributed by atoms with Crippen molar-refractivity contribution >= 4 is 61.9 Å². The first kappa shape index (κ1) is 28.2. The number of aliphatic hydroxyl groups excluding tert-OH is 1. The predicted octanol–water partition coefficient (Wildman–Crippen LogP) is 4.40. The van der Waals surface area contributed by atoms with E-state index in [-0.39, 0.29) is 47.6 Å². The number of carbonyl (C=O) groups excluding carboxylic acids is 3. The smallest absolute Gasteiger partial charge is 0.310 e. The van der Waals surface area contributed by atoms with Gasteiger partial charge < -0.3 is 19.6 Å². The lowest BCUT2D eigenvalue weighted by Crippen LogP contribution is -2.59. The number of rotatable bonds is 9. The second-order valence-corrected chi connectivity index (χ2v) is 13.6. The first-order valence-corrected chi connectivity index (χ1v) is 15.3. The largest absolute Gasteiger partial charge is 0.466 e. The fraction of sp³-hybridized carbons (Fsp3) is 0.500. The number of aliphatic hydroxyl groups is 1. The number of hydrogen-bond acceptors (Lipinski definition) is 6. The molecule has 1 N–H and O–H groups in total. The minimum absolute atomic E-state index is 0.0450. The number of benzene rings is 2. The van der Waals surface area contributed by atoms with Gasteiger partial charge in [-0.15, -0.1) is 18.3 Å². The number of ether oxygens (including phenoxy) is 1. The molecule has 3 fully saturated rings. The standard InChI is InChI=1S/C30H35BrN2O5S/c1-5-13-32(20-12-11-18-9-7-8-10-19(18)14-20)28(36)26-30-15-21(31)25(39-30)23(29(37)38-6-2)24(30)27(35)33(26)22(16-34)17(3)4/h5,7-12,14,17,21-26,34H,1,6,13,15-16H2,2-4H3/t21?,22-,23+,24-,25+,26?,30?/m0/s1. The van der Waals surface area contributed by atoms with E-state index >= 15 is 0 Å². The molecule has 208 valence electrons. The SMILES string of the molecule is C=CCN(C(=O)C1N([C@@H](CO)C(C)C)C(=O)[C@@H]2[C@@H](C(=O)OCC)[C@@H]3SC12CC3Br)c1ccc2ccccc2c1. The highest BCUT2D eigenvalue weighted by atomic mass is 79.9. The van der Waals surface area contributed by atoms with E-state index in [4.69, 9.17) is 4.74 Å². The lowest BCUT2D eigenvalue weighted by molar-refractivity contribution is -0.154. The average molecular weight is 616 g/mol. The molecule has 2 aromatic carbocycles. The zero-order valence-corrected chi connectivity index (χ0v) is 24.9. The Balaban J connectivity index is 1.64. The van der Waals surface area contributed by atoms with Crippen molar-refractivity contribution in [1.29, 1.82) is 0 Å². The zero-order valence-electron chi connectivity index (χ0n) is 22.5. The minimum Gasteiger partial charge on any atom is -0.466 e. The number of hydrogen-bond donors (Lipinski definition) is 1. The molecule has 9 heteroatoms. The summed E-state index contributed by atoms with van der Waals surface area (Å²) in [4.78, 5) is 45.5. The van der Waals surface area contributed by atoms with Gasteiger partial charge in [0.2, 0.25) is 5.91 Å². The van der Waals surface area contributed by atoms with Crippen LogP contribution in [-0.4, -0.2) is 74.5 Å². The van der Waals surface area contributed by atoms with Crippen molar-refractivity contribution in [3.8, 4) is 0 Å². The molecule has 7 nitrogen and oxygen atoms in total. The van der Waals surface area contributed by atoms with Crippen LogP contribution in [0, 0.1) is 17.8 Å². The number of fused-ring (bicyclic) bond motifs is 2. The van der Waals surface area contributed by atoms with E-state index in [0.717, 1.165) is 10.8 Å². The second-order valence-electron chi connectivity index (χ2n) is 10.9. The Morgan fingerprint density at radius 3 is 2.64 bits per heavy atom. The highest BCUT2D eigenvalue weighted by molar-refractivity contribution is 9.09. The van der Waals surface area contributed by atoms with Gasteiger partial charge in [0.1, 0.15) is 6.04 Å². The molecule has 3 aliphatic heterocycles. The van der Waals surface area contributed by atoms with Gasteiger partial charge in [-0.05, 0) is 42.2 Å². The maximum atomic E-state index is 14.8. The molecule has 0 aliphatic carbocycles. The zero-order chi connectivity index (χ0) is 28.1. The Labute approximate surface area is 242 Å². The molecule has 3 saturated heterocycles. The van der Waals surface area contributed by atoms with E-state index < -0.39 is 34.6 Å². The Kier molecular flexibility index (Phi) is 7.87. The van der Waals surface area contributed by atoms with Crippen molar-refractivity contribution in [2.45, 2.75) is 54.1 Å². The van der Waals surface area contributed by atoms with Gasteiger partial charge in [-0.2, -0.15) is 0 Å². The number of esters is 1. The molecule has 3 unspecified atom stereocenters. The quantitative estimate of drug-likeness (QED) is 0.256. The Bertz CT molecular complexity index is 1300. The van der Waals surface area contributed by atoms with Gasteiger partial charge in [0.15, 0.2) is 0 Å². The maximum Gasteiger partial charge on any atom is 0.310 e. The van der Waals surface area contributed by atoms with Crippen molar-refractivity contribution in [2.75, 3.05) is 24.7 Å². The summed E-state index contributed by atoms with van der Waals surface area (Å²) in [6.07, 6.45) is 2.25. The van der Waals surface area contributed by atoms with Gasteiger partial charge in [-0.3, -0.25) is 14.4 Å². The summed E-state index contributed by atoms with van der Waals surface area (Å²) in [5, 5.41) is 12.3. The van der Waals surface area contributed by atoms with E-state index in [1.807, 2.05) is 56.3 Å². The van der Waals surface area contributed by atoms with Gasteiger partial charge in [-0.25, -0.2) is 0 Å². The number of thioether (sulfide) groups is 1. The number of nitrogens with zero attached hydrogens (tertiary/aromatic N) is 2. The highest BCUT2D eigenvalue weighted by Gasteiger charge is 2.76. The van der Waals surface area contributed by atoms with Crippen LogP contribution < -0.4 is 4.90 Å². The molecule has 2 amide bonds. The average Bonchev–Trinajstić information content (AvgIpc) is 3.51. The van der Waals surface area contributed by atoms with Crippen LogP contribution in [0.3, 0.4) is 0 Å². The van der Waals surface area contributed by atoms with E-state index in [9.17, 15) is 19.5 Å². The third-order valence-electron chi connectivity index (χ3n) is 8.46. The van der Waals surface area contributed by atoms with Crippen molar-refractivity contribution in [2.24, 2.45) is 17.8 Å². The van der Waals surface area contributed by atoms with Crippen LogP contribution in [0.25, 0.3) is 10.8 Å². The van der Waals surface area contributed by atoms with Gasteiger partial charge in [0.05, 0.1) is 35.8 Å². The Morgan fingerprint density at radius 2 is 2.00 bits per heavy atom. The van der Waals surface area contributed by atoms with Crippen molar-refractivity contribution in [3.05, 3.63) is 55.1 Å². The van der Waals surface area contributed by atoms with E-state index in [2.05, 4.69) is 22.5 Å². The summed E-state index contributed by atoms with van der Waals surface area (Å²) in [6.45, 7) is 9.74. The van der Waals surface area contributed by atoms with Crippen LogP contribution in [0.5, 0.6) is 0 Å². The summed E-state index contributed by atoms with van der Waals surface area (Å²) >= 11 is 5.35. The summed E-state index contributed by atoms with van der Waals surface area (Å²) in [6, 6.07) is 12.4. The Hall–Kier alpha value is -2.36. The number of alkyl halides is 1. The highest BCUT2D eigenvalue weighted by Crippen LogP contribution is 2.68. The van der Waals surface area contributed by atoms with Crippen LogP contribution in [0.15, 0.2) is 55.1 Å². The second kappa shape index (κ2) is 10.9. The number of likely N-dealkylation sites (tertiary alicyclic amines) is 1. The molecule has 5 rings (SSSR count). The van der Waals surface area contributed by atoms with Crippen LogP contribution in [0.4, 0.5) is 5.69 Å². The molecule has 2 aromatic rings. The van der Waals surface area contributed by atoms with Crippen molar-refractivity contribution in [3.63, 3.8) is 0 Å². The third kappa shape index (κ3) is 4.41. The summed E-state index contributed by atoms with van der Waals surface area (Å²) in [5.74, 6) is -2.30. The van der Waals surface area contributed by atoms with Crippen molar-refractivity contribution in [1.82, 2.24) is 4.90 Å². The predicted molar refractivity (Wildman–Crippen MR) is 158 cm³/mol. The van der Waals surface area contributed by atoms with Gasteiger partial charge in [0.25, 0.3) is 5.91 Å². The molecule has 3 heterocycles. The molecule has 0 radical (unpaired) electrons. The molecule has 7 atom stereocenters. The molecule has 0 saturated carbocycles. The topological polar surface area (TPSA) is 87.2 Å².